The summed E-state index contributed by atoms with van der Waals surface area (Å²) < 4.78 is 35.0. The number of benzene rings is 2. The molecule has 2 aromatic carbocycles. The lowest BCUT2D eigenvalue weighted by Gasteiger charge is -2.15. The van der Waals surface area contributed by atoms with Crippen LogP contribution in [0.4, 0.5) is 14.5 Å². The molecule has 2 amide bonds. The van der Waals surface area contributed by atoms with E-state index in [1.807, 2.05) is 0 Å². The number of rotatable bonds is 8. The van der Waals surface area contributed by atoms with Crippen molar-refractivity contribution < 1.29 is 27.8 Å². The van der Waals surface area contributed by atoms with Gasteiger partial charge in [-0.1, -0.05) is 31.0 Å². The van der Waals surface area contributed by atoms with E-state index in [4.69, 9.17) is 4.74 Å². The van der Waals surface area contributed by atoms with Crippen molar-refractivity contribution in [3.8, 4) is 11.5 Å². The molecule has 0 spiro atoms. The average molecular weight is 418 g/mol. The summed E-state index contributed by atoms with van der Waals surface area (Å²) in [6, 6.07) is 11.5. The molecule has 1 fully saturated rings. The Labute approximate surface area is 173 Å². The summed E-state index contributed by atoms with van der Waals surface area (Å²) >= 11 is 0. The number of methoxy groups -OCH3 is 1. The molecule has 0 aliphatic heterocycles. The highest BCUT2D eigenvalue weighted by Crippen LogP contribution is 2.32. The minimum absolute atomic E-state index is 0.0128. The average Bonchev–Trinajstić information content (AvgIpc) is 3.27. The minimum Gasteiger partial charge on any atom is -0.493 e. The van der Waals surface area contributed by atoms with Gasteiger partial charge < -0.3 is 20.1 Å². The highest BCUT2D eigenvalue weighted by molar-refractivity contribution is 5.97. The molecule has 0 atom stereocenters. The van der Waals surface area contributed by atoms with Crippen LogP contribution in [0.1, 0.15) is 41.6 Å². The fourth-order valence-corrected chi connectivity index (χ4v) is 3.53. The predicted octanol–water partition coefficient (Wildman–Crippen LogP) is 4.36. The number of alkyl halides is 2. The third-order valence-corrected chi connectivity index (χ3v) is 5.02. The number of amides is 2. The van der Waals surface area contributed by atoms with Crippen LogP contribution in [0, 0.1) is 5.92 Å². The van der Waals surface area contributed by atoms with Crippen LogP contribution in [0.2, 0.25) is 0 Å². The lowest BCUT2D eigenvalue weighted by Crippen LogP contribution is -2.24. The number of hydrogen-bond donors (Lipinski definition) is 2. The van der Waals surface area contributed by atoms with Crippen LogP contribution >= 0.6 is 0 Å². The zero-order valence-corrected chi connectivity index (χ0v) is 16.6. The van der Waals surface area contributed by atoms with Crippen molar-refractivity contribution >= 4 is 17.5 Å². The van der Waals surface area contributed by atoms with Gasteiger partial charge in [0.15, 0.2) is 11.5 Å². The zero-order valence-electron chi connectivity index (χ0n) is 16.6. The Kier molecular flexibility index (Phi) is 7.21. The maximum atomic E-state index is 12.7. The quantitative estimate of drug-likeness (QED) is 0.668. The molecule has 0 saturated heterocycles. The van der Waals surface area contributed by atoms with Crippen LogP contribution in [0.5, 0.6) is 11.5 Å². The Balaban J connectivity index is 1.66. The van der Waals surface area contributed by atoms with Crippen molar-refractivity contribution in [3.05, 3.63) is 53.6 Å². The molecule has 2 N–H and O–H groups in total. The largest absolute Gasteiger partial charge is 0.493 e. The Morgan fingerprint density at radius 2 is 1.87 bits per heavy atom. The van der Waals surface area contributed by atoms with Gasteiger partial charge >= 0.3 is 6.61 Å². The highest BCUT2D eigenvalue weighted by Gasteiger charge is 2.23. The second-order valence-corrected chi connectivity index (χ2v) is 7.07. The molecule has 0 aromatic heterocycles. The van der Waals surface area contributed by atoms with Crippen LogP contribution in [0.15, 0.2) is 42.5 Å². The summed E-state index contributed by atoms with van der Waals surface area (Å²) in [6.07, 6.45) is 3.97. The number of carbonyl (C=O) groups is 2. The zero-order chi connectivity index (χ0) is 21.5. The fraction of sp³-hybridized carbons (Fsp3) is 0.364. The number of anilines is 1. The van der Waals surface area contributed by atoms with Gasteiger partial charge in [0.2, 0.25) is 5.91 Å². The van der Waals surface area contributed by atoms with E-state index in [0.717, 1.165) is 31.2 Å². The second-order valence-electron chi connectivity index (χ2n) is 7.07. The van der Waals surface area contributed by atoms with Gasteiger partial charge in [0.25, 0.3) is 5.91 Å². The van der Waals surface area contributed by atoms with E-state index in [0.29, 0.717) is 5.69 Å². The first-order valence-corrected chi connectivity index (χ1v) is 9.77. The maximum Gasteiger partial charge on any atom is 0.387 e. The number of carbonyl (C=O) groups excluding carboxylic acids is 2. The molecule has 0 bridgehead atoms. The van der Waals surface area contributed by atoms with Crippen molar-refractivity contribution in [2.45, 2.75) is 38.8 Å². The number of halogens is 2. The second kappa shape index (κ2) is 10.0. The van der Waals surface area contributed by atoms with E-state index < -0.39 is 12.5 Å². The molecule has 2 aromatic rings. The SMILES string of the molecule is COc1cccc(C(=O)NCc2cccc(NC(=O)C3CCCC3)c2)c1OC(F)F. The van der Waals surface area contributed by atoms with E-state index in [-0.39, 0.29) is 35.4 Å². The van der Waals surface area contributed by atoms with Crippen LogP contribution in [-0.2, 0) is 11.3 Å². The molecular formula is C22H24F2N2O4. The topological polar surface area (TPSA) is 76.7 Å². The van der Waals surface area contributed by atoms with Gasteiger partial charge in [-0.15, -0.1) is 0 Å². The van der Waals surface area contributed by atoms with Crippen molar-refractivity contribution in [2.24, 2.45) is 5.92 Å². The molecule has 8 heteroatoms. The van der Waals surface area contributed by atoms with Crippen molar-refractivity contribution in [1.82, 2.24) is 5.32 Å². The van der Waals surface area contributed by atoms with Crippen molar-refractivity contribution in [3.63, 3.8) is 0 Å². The standard InChI is InChI=1S/C22H24F2N2O4/c1-29-18-11-5-10-17(19(18)30-22(23)24)21(28)25-13-14-6-4-9-16(12-14)26-20(27)15-7-2-3-8-15/h4-6,9-12,15,22H,2-3,7-8,13H2,1H3,(H,25,28)(H,26,27). The van der Waals surface area contributed by atoms with Gasteiger partial charge in [0.05, 0.1) is 12.7 Å². The van der Waals surface area contributed by atoms with E-state index in [1.165, 1.54) is 25.3 Å². The van der Waals surface area contributed by atoms with E-state index in [9.17, 15) is 18.4 Å². The third-order valence-electron chi connectivity index (χ3n) is 5.02. The Hall–Kier alpha value is -3.16. The van der Waals surface area contributed by atoms with Crippen LogP contribution in [0.3, 0.4) is 0 Å². The monoisotopic (exact) mass is 418 g/mol. The molecule has 1 saturated carbocycles. The molecule has 0 radical (unpaired) electrons. The van der Waals surface area contributed by atoms with E-state index in [1.54, 1.807) is 24.3 Å². The maximum absolute atomic E-state index is 12.7. The molecule has 1 aliphatic carbocycles. The van der Waals surface area contributed by atoms with Crippen LogP contribution < -0.4 is 20.1 Å². The highest BCUT2D eigenvalue weighted by atomic mass is 19.3. The van der Waals surface area contributed by atoms with Gasteiger partial charge in [0, 0.05) is 18.2 Å². The van der Waals surface area contributed by atoms with Gasteiger partial charge in [-0.3, -0.25) is 9.59 Å². The van der Waals surface area contributed by atoms with Gasteiger partial charge in [-0.05, 0) is 42.7 Å². The lowest BCUT2D eigenvalue weighted by molar-refractivity contribution is -0.119. The van der Waals surface area contributed by atoms with Crippen molar-refractivity contribution in [2.75, 3.05) is 12.4 Å². The number of para-hydroxylation sites is 1. The molecule has 0 unspecified atom stereocenters. The van der Waals surface area contributed by atoms with Crippen molar-refractivity contribution in [1.29, 1.82) is 0 Å². The Bertz CT molecular complexity index is 898. The first-order valence-electron chi connectivity index (χ1n) is 9.77. The predicted molar refractivity (Wildman–Crippen MR) is 108 cm³/mol. The van der Waals surface area contributed by atoms with E-state index >= 15 is 0 Å². The fourth-order valence-electron chi connectivity index (χ4n) is 3.53. The number of ether oxygens (including phenoxy) is 2. The number of hydrogen-bond acceptors (Lipinski definition) is 4. The first-order chi connectivity index (χ1) is 14.5. The molecule has 1 aliphatic rings. The molecule has 6 nitrogen and oxygen atoms in total. The minimum atomic E-state index is -3.09. The van der Waals surface area contributed by atoms with Gasteiger partial charge in [0.1, 0.15) is 0 Å². The summed E-state index contributed by atoms with van der Waals surface area (Å²) in [4.78, 5) is 24.9. The summed E-state index contributed by atoms with van der Waals surface area (Å²) in [5.41, 5.74) is 1.36. The lowest BCUT2D eigenvalue weighted by atomic mass is 10.1. The Morgan fingerprint density at radius 1 is 1.13 bits per heavy atom. The molecule has 30 heavy (non-hydrogen) atoms. The van der Waals surface area contributed by atoms with E-state index in [2.05, 4.69) is 15.4 Å². The Morgan fingerprint density at radius 3 is 2.57 bits per heavy atom. The third kappa shape index (κ3) is 5.46. The molecule has 160 valence electrons. The van der Waals surface area contributed by atoms with Gasteiger partial charge in [-0.2, -0.15) is 8.78 Å². The summed E-state index contributed by atoms with van der Waals surface area (Å²) in [7, 11) is 1.31. The van der Waals surface area contributed by atoms with Gasteiger partial charge in [-0.25, -0.2) is 0 Å². The summed E-state index contributed by atoms with van der Waals surface area (Å²) in [6.45, 7) is -2.94. The smallest absolute Gasteiger partial charge is 0.387 e. The number of nitrogens with one attached hydrogen (secondary N) is 2. The normalized spacial score (nSPS) is 13.9. The molecule has 0 heterocycles. The summed E-state index contributed by atoms with van der Waals surface area (Å²) in [5.74, 6) is -0.789. The first kappa shape index (κ1) is 21.5. The van der Waals surface area contributed by atoms with Crippen LogP contribution in [0.25, 0.3) is 0 Å². The van der Waals surface area contributed by atoms with Crippen LogP contribution in [-0.4, -0.2) is 25.5 Å². The summed E-state index contributed by atoms with van der Waals surface area (Å²) in [5, 5.41) is 5.60. The molecule has 3 rings (SSSR count). The molecular weight excluding hydrogens is 394 g/mol.